The molecule has 0 saturated carbocycles. The van der Waals surface area contributed by atoms with E-state index in [-0.39, 0.29) is 59.6 Å². The maximum Gasteiger partial charge on any atom is 0.431 e. The third-order valence-electron chi connectivity index (χ3n) is 7.12. The van der Waals surface area contributed by atoms with Gasteiger partial charge in [-0.05, 0) is 18.6 Å². The Morgan fingerprint density at radius 3 is 1.67 bits per heavy atom. The van der Waals surface area contributed by atoms with Gasteiger partial charge in [0.1, 0.15) is 34.5 Å². The molecule has 0 atom stereocenters. The van der Waals surface area contributed by atoms with E-state index in [1.165, 1.54) is 6.07 Å². The lowest BCUT2D eigenvalue weighted by molar-refractivity contribution is -0.119. The number of phenols is 1. The number of ether oxygens (including phenoxy) is 1. The summed E-state index contributed by atoms with van der Waals surface area (Å²) in [6.07, 6.45) is -7.99. The number of phenolic OH excluding ortho intramolecular Hbond substituents is 1. The van der Waals surface area contributed by atoms with Gasteiger partial charge >= 0.3 is 12.4 Å². The molecule has 4 heterocycles. The molecule has 10 nitrogen and oxygen atoms in total. The summed E-state index contributed by atoms with van der Waals surface area (Å²) in [6.45, 7) is 2.10. The second kappa shape index (κ2) is 13.4. The van der Waals surface area contributed by atoms with Crippen molar-refractivity contribution in [2.45, 2.75) is 25.7 Å². The van der Waals surface area contributed by atoms with Crippen LogP contribution in [0.1, 0.15) is 13.3 Å². The number of guanidine groups is 2. The van der Waals surface area contributed by atoms with Crippen molar-refractivity contribution >= 4 is 58.3 Å². The zero-order valence-corrected chi connectivity index (χ0v) is 26.4. The van der Waals surface area contributed by atoms with Gasteiger partial charge in [0.2, 0.25) is 11.9 Å². The van der Waals surface area contributed by atoms with Gasteiger partial charge in [0.25, 0.3) is 11.8 Å². The standard InChI is InChI=1S/C16H14ClF4N3O2.C13H8ClF4N3O2/c1-2-5-26-12-7-11(10(18)6-9(12)17)24-14(25)8-13(16(19,20)21)23-4-3-22-15(23)24;14-6-3-7(15)8(4-9(6)22)21-11(23)5-10(13(16,17)18)20-2-1-19-12(20)21/h6-8H,2-5H2,1H3;3-5,22H,1-2H2. The zero-order valence-electron chi connectivity index (χ0n) is 24.8. The van der Waals surface area contributed by atoms with Gasteiger partial charge in [-0.3, -0.25) is 19.6 Å². The van der Waals surface area contributed by atoms with E-state index in [0.717, 1.165) is 32.9 Å². The Balaban J connectivity index is 0.000000192. The van der Waals surface area contributed by atoms with Crippen LogP contribution in [0, 0.1) is 11.6 Å². The van der Waals surface area contributed by atoms with Gasteiger partial charge in [0, 0.05) is 37.4 Å². The molecular weight excluding hydrogens is 719 g/mol. The van der Waals surface area contributed by atoms with Crippen molar-refractivity contribution in [1.82, 2.24) is 9.80 Å². The number of hydrogen-bond donors (Lipinski definition) is 1. The Hall–Kier alpha value is -4.58. The number of alkyl halides is 6. The third-order valence-corrected chi connectivity index (χ3v) is 7.72. The minimum absolute atomic E-state index is 0.000831. The van der Waals surface area contributed by atoms with Gasteiger partial charge in [-0.15, -0.1) is 0 Å². The molecule has 2 aromatic carbocycles. The van der Waals surface area contributed by atoms with Crippen LogP contribution < -0.4 is 14.5 Å². The molecule has 0 unspecified atom stereocenters. The van der Waals surface area contributed by atoms with Crippen LogP contribution in [0.4, 0.5) is 46.5 Å². The number of aromatic hydroxyl groups is 1. The molecule has 49 heavy (non-hydrogen) atoms. The van der Waals surface area contributed by atoms with Crippen molar-refractivity contribution in [3.63, 3.8) is 0 Å². The Morgan fingerprint density at radius 1 is 0.776 bits per heavy atom. The molecule has 20 heteroatoms. The Kier molecular flexibility index (Phi) is 9.75. The second-order valence-electron chi connectivity index (χ2n) is 10.4. The summed E-state index contributed by atoms with van der Waals surface area (Å²) in [7, 11) is 0. The molecule has 0 aliphatic carbocycles. The maximum absolute atomic E-state index is 14.4. The Labute approximate surface area is 281 Å². The summed E-state index contributed by atoms with van der Waals surface area (Å²) in [5.74, 6) is -4.99. The lowest BCUT2D eigenvalue weighted by Crippen LogP contribution is -2.51. The van der Waals surface area contributed by atoms with Crippen LogP contribution in [0.25, 0.3) is 0 Å². The Morgan fingerprint density at radius 2 is 1.22 bits per heavy atom. The molecule has 2 amide bonds. The van der Waals surface area contributed by atoms with Gasteiger partial charge in [-0.2, -0.15) is 26.3 Å². The molecular formula is C29H22Cl2F8N6O4. The molecule has 1 N–H and O–H groups in total. The second-order valence-corrected chi connectivity index (χ2v) is 11.2. The quantitative estimate of drug-likeness (QED) is 0.357. The Bertz CT molecular complexity index is 1830. The molecule has 0 radical (unpaired) electrons. The van der Waals surface area contributed by atoms with Crippen molar-refractivity contribution in [1.29, 1.82) is 0 Å². The number of aliphatic imine (C=N–C) groups is 2. The molecule has 0 bridgehead atoms. The first kappa shape index (κ1) is 35.7. The van der Waals surface area contributed by atoms with Crippen LogP contribution in [0.15, 0.2) is 57.8 Å². The fourth-order valence-corrected chi connectivity index (χ4v) is 5.41. The average molecular weight is 741 g/mol. The van der Waals surface area contributed by atoms with Crippen LogP contribution in [0.2, 0.25) is 10.0 Å². The molecule has 0 fully saturated rings. The van der Waals surface area contributed by atoms with Gasteiger partial charge in [0.05, 0.1) is 41.1 Å². The van der Waals surface area contributed by atoms with Crippen LogP contribution in [-0.2, 0) is 9.59 Å². The van der Waals surface area contributed by atoms with Crippen molar-refractivity contribution in [3.05, 3.63) is 69.5 Å². The summed E-state index contributed by atoms with van der Waals surface area (Å²) in [4.78, 5) is 35.4. The van der Waals surface area contributed by atoms with E-state index >= 15 is 0 Å². The number of carbonyl (C=O) groups excluding carboxylic acids is 2. The fourth-order valence-electron chi connectivity index (χ4n) is 5.06. The molecule has 6 rings (SSSR count). The summed E-state index contributed by atoms with van der Waals surface area (Å²) < 4.78 is 112. The zero-order chi connectivity index (χ0) is 36.0. The topological polar surface area (TPSA) is 101 Å². The number of hydrogen-bond acceptors (Lipinski definition) is 8. The van der Waals surface area contributed by atoms with Crippen molar-refractivity contribution < 1.29 is 54.6 Å². The van der Waals surface area contributed by atoms with Crippen LogP contribution >= 0.6 is 23.2 Å². The SMILES string of the molecule is CCCOc1cc(N2C(=O)C=C(C(F)(F)F)N3CCN=C32)c(F)cc1Cl.O=C1C=C(C(F)(F)F)N2CCN=C2N1c1cc(O)c(Cl)cc1F. The van der Waals surface area contributed by atoms with E-state index in [9.17, 15) is 49.8 Å². The predicted molar refractivity (Wildman–Crippen MR) is 162 cm³/mol. The smallest absolute Gasteiger partial charge is 0.431 e. The van der Waals surface area contributed by atoms with Gasteiger partial charge in [-0.1, -0.05) is 30.1 Å². The fraction of sp³-hybridized carbons (Fsp3) is 0.310. The number of carbonyl (C=O) groups is 2. The number of fused-ring (bicyclic) bond motifs is 2. The number of benzene rings is 2. The van der Waals surface area contributed by atoms with Crippen molar-refractivity contribution in [2.24, 2.45) is 9.98 Å². The number of halogens is 10. The highest BCUT2D eigenvalue weighted by Gasteiger charge is 2.48. The largest absolute Gasteiger partial charge is 0.506 e. The molecule has 262 valence electrons. The van der Waals surface area contributed by atoms with E-state index in [2.05, 4.69) is 9.98 Å². The number of rotatable bonds is 5. The molecule has 0 aromatic heterocycles. The van der Waals surface area contributed by atoms with Gasteiger partial charge in [-0.25, -0.2) is 18.6 Å². The number of allylic oxidation sites excluding steroid dienone is 2. The minimum Gasteiger partial charge on any atom is -0.506 e. The summed E-state index contributed by atoms with van der Waals surface area (Å²) in [6, 6.07) is 3.78. The first-order valence-corrected chi connectivity index (χ1v) is 14.9. The number of amides is 2. The van der Waals surface area contributed by atoms with Gasteiger partial charge in [0.15, 0.2) is 0 Å². The van der Waals surface area contributed by atoms with Crippen molar-refractivity contribution in [2.75, 3.05) is 42.6 Å². The van der Waals surface area contributed by atoms with E-state index in [1.54, 1.807) is 0 Å². The third kappa shape index (κ3) is 6.96. The number of anilines is 2. The van der Waals surface area contributed by atoms with Crippen molar-refractivity contribution in [3.8, 4) is 11.5 Å². The van der Waals surface area contributed by atoms with Crippen LogP contribution in [-0.4, -0.2) is 83.8 Å². The average Bonchev–Trinajstić information content (AvgIpc) is 3.68. The highest BCUT2D eigenvalue weighted by molar-refractivity contribution is 6.33. The lowest BCUT2D eigenvalue weighted by Gasteiger charge is -2.35. The van der Waals surface area contributed by atoms with E-state index < -0.39 is 58.6 Å². The van der Waals surface area contributed by atoms with Crippen LogP contribution in [0.5, 0.6) is 11.5 Å². The predicted octanol–water partition coefficient (Wildman–Crippen LogP) is 6.38. The monoisotopic (exact) mass is 740 g/mol. The van der Waals surface area contributed by atoms with Crippen LogP contribution in [0.3, 0.4) is 0 Å². The molecule has 0 saturated heterocycles. The molecule has 4 aliphatic heterocycles. The van der Waals surface area contributed by atoms with E-state index in [0.29, 0.717) is 30.1 Å². The highest BCUT2D eigenvalue weighted by Crippen LogP contribution is 2.40. The molecule has 0 spiro atoms. The first-order chi connectivity index (χ1) is 22.9. The van der Waals surface area contributed by atoms with E-state index in [1.807, 2.05) is 6.92 Å². The number of nitrogens with zero attached hydrogens (tertiary/aromatic N) is 6. The van der Waals surface area contributed by atoms with E-state index in [4.69, 9.17) is 27.9 Å². The first-order valence-electron chi connectivity index (χ1n) is 14.1. The summed E-state index contributed by atoms with van der Waals surface area (Å²) in [5.41, 5.74) is -2.98. The maximum atomic E-state index is 14.4. The molecule has 4 aliphatic rings. The van der Waals surface area contributed by atoms with Gasteiger partial charge < -0.3 is 19.6 Å². The summed E-state index contributed by atoms with van der Waals surface area (Å²) in [5, 5.41) is 9.29. The summed E-state index contributed by atoms with van der Waals surface area (Å²) >= 11 is 11.5. The molecule has 2 aromatic rings. The lowest BCUT2D eigenvalue weighted by atomic mass is 10.2. The normalized spacial score (nSPS) is 17.6. The highest BCUT2D eigenvalue weighted by atomic mass is 35.5. The minimum atomic E-state index is -4.74.